The molecule has 1 aromatic carbocycles. The topological polar surface area (TPSA) is 99.3 Å². The summed E-state index contributed by atoms with van der Waals surface area (Å²) >= 11 is 0. The van der Waals surface area contributed by atoms with Crippen LogP contribution < -0.4 is 5.32 Å². The van der Waals surface area contributed by atoms with Crippen LogP contribution in [0.15, 0.2) is 30.3 Å². The fourth-order valence-electron chi connectivity index (χ4n) is 3.03. The van der Waals surface area contributed by atoms with Crippen molar-refractivity contribution in [3.63, 3.8) is 0 Å². The zero-order valence-corrected chi connectivity index (χ0v) is 15.1. The van der Waals surface area contributed by atoms with Crippen LogP contribution >= 0.6 is 0 Å². The predicted molar refractivity (Wildman–Crippen MR) is 96.8 cm³/mol. The molecular weight excluding hydrogens is 336 g/mol. The number of carbonyl (C=O) groups excluding carboxylic acids is 1. The zero-order valence-electron chi connectivity index (χ0n) is 15.1. The average molecular weight is 360 g/mol. The molecule has 26 heavy (non-hydrogen) atoms. The van der Waals surface area contributed by atoms with Crippen molar-refractivity contribution >= 4 is 12.2 Å². The van der Waals surface area contributed by atoms with Gasteiger partial charge in [-0.3, -0.25) is 19.6 Å². The SMILES string of the molecule is Cc1nn(C2CCNCC2)c(C)c1[N+](=O)[O-].O=COCc1ccccc1. The van der Waals surface area contributed by atoms with Crippen molar-refractivity contribution in [3.8, 4) is 0 Å². The van der Waals surface area contributed by atoms with Gasteiger partial charge in [0.2, 0.25) is 0 Å². The minimum atomic E-state index is -0.338. The van der Waals surface area contributed by atoms with Gasteiger partial charge < -0.3 is 10.1 Å². The second kappa shape index (κ2) is 9.67. The van der Waals surface area contributed by atoms with Crippen LogP contribution in [0.25, 0.3) is 0 Å². The Morgan fingerprint density at radius 3 is 2.50 bits per heavy atom. The summed E-state index contributed by atoms with van der Waals surface area (Å²) in [5.41, 5.74) is 2.36. The molecule has 1 aliphatic heterocycles. The van der Waals surface area contributed by atoms with Gasteiger partial charge in [0.15, 0.2) is 0 Å². The Balaban J connectivity index is 0.000000209. The maximum absolute atomic E-state index is 10.9. The lowest BCUT2D eigenvalue weighted by molar-refractivity contribution is -0.386. The number of benzene rings is 1. The van der Waals surface area contributed by atoms with Crippen molar-refractivity contribution in [3.05, 3.63) is 57.4 Å². The molecule has 0 amide bonds. The highest BCUT2D eigenvalue weighted by atomic mass is 16.6. The van der Waals surface area contributed by atoms with E-state index in [9.17, 15) is 14.9 Å². The fraction of sp³-hybridized carbons (Fsp3) is 0.444. The quantitative estimate of drug-likeness (QED) is 0.500. The smallest absolute Gasteiger partial charge is 0.312 e. The van der Waals surface area contributed by atoms with Crippen molar-refractivity contribution in [1.82, 2.24) is 15.1 Å². The first-order valence-electron chi connectivity index (χ1n) is 8.54. The van der Waals surface area contributed by atoms with Gasteiger partial charge in [-0.15, -0.1) is 0 Å². The van der Waals surface area contributed by atoms with Gasteiger partial charge in [0.1, 0.15) is 18.0 Å². The molecule has 2 heterocycles. The minimum Gasteiger partial charge on any atom is -0.463 e. The number of aryl methyl sites for hydroxylation is 1. The van der Waals surface area contributed by atoms with Crippen LogP contribution in [0.5, 0.6) is 0 Å². The molecule has 1 saturated heterocycles. The first-order chi connectivity index (χ1) is 12.5. The Labute approximate surface area is 152 Å². The van der Waals surface area contributed by atoms with Crippen LogP contribution in [0.1, 0.15) is 35.8 Å². The summed E-state index contributed by atoms with van der Waals surface area (Å²) in [7, 11) is 0. The standard InChI is InChI=1S/C10H16N4O2.C8H8O2/c1-7-10(14(15)16)8(2)13(12-7)9-3-5-11-6-4-9;9-7-10-6-8-4-2-1-3-5-8/h9,11H,3-6H2,1-2H3;1-5,7H,6H2. The summed E-state index contributed by atoms with van der Waals surface area (Å²) in [5.74, 6) is 0. The van der Waals surface area contributed by atoms with Crippen LogP contribution in [0.2, 0.25) is 0 Å². The number of nitrogens with one attached hydrogen (secondary N) is 1. The van der Waals surface area contributed by atoms with E-state index in [1.165, 1.54) is 0 Å². The number of hydrogen-bond acceptors (Lipinski definition) is 6. The van der Waals surface area contributed by atoms with Gasteiger partial charge >= 0.3 is 5.69 Å². The predicted octanol–water partition coefficient (Wildman–Crippen LogP) is 2.69. The first kappa shape index (κ1) is 19.6. The molecule has 8 heteroatoms. The maximum atomic E-state index is 10.9. The van der Waals surface area contributed by atoms with Gasteiger partial charge in [0.05, 0.1) is 11.0 Å². The third kappa shape index (κ3) is 5.13. The summed E-state index contributed by atoms with van der Waals surface area (Å²) < 4.78 is 6.37. The molecule has 8 nitrogen and oxygen atoms in total. The molecule has 2 aromatic rings. The van der Waals surface area contributed by atoms with Crippen LogP contribution in [-0.2, 0) is 16.1 Å². The van der Waals surface area contributed by atoms with Crippen molar-refractivity contribution in [2.24, 2.45) is 0 Å². The average Bonchev–Trinajstić information content (AvgIpc) is 2.96. The molecule has 1 fully saturated rings. The highest BCUT2D eigenvalue weighted by Crippen LogP contribution is 2.27. The molecule has 1 aromatic heterocycles. The van der Waals surface area contributed by atoms with E-state index in [0.29, 0.717) is 30.5 Å². The molecule has 1 aliphatic rings. The molecule has 0 radical (unpaired) electrons. The monoisotopic (exact) mass is 360 g/mol. The normalized spacial score (nSPS) is 14.2. The summed E-state index contributed by atoms with van der Waals surface area (Å²) in [4.78, 5) is 20.3. The Bertz CT molecular complexity index is 724. The summed E-state index contributed by atoms with van der Waals surface area (Å²) in [5, 5.41) is 18.5. The van der Waals surface area contributed by atoms with E-state index in [0.717, 1.165) is 31.5 Å². The van der Waals surface area contributed by atoms with Crippen molar-refractivity contribution < 1.29 is 14.5 Å². The van der Waals surface area contributed by atoms with Gasteiger partial charge in [-0.25, -0.2) is 0 Å². The van der Waals surface area contributed by atoms with Crippen LogP contribution in [-0.4, -0.2) is 34.3 Å². The van der Waals surface area contributed by atoms with Crippen molar-refractivity contribution in [2.45, 2.75) is 39.3 Å². The zero-order chi connectivity index (χ0) is 18.9. The van der Waals surface area contributed by atoms with Crippen molar-refractivity contribution in [1.29, 1.82) is 0 Å². The molecule has 140 valence electrons. The van der Waals surface area contributed by atoms with Gasteiger partial charge in [0, 0.05) is 0 Å². The lowest BCUT2D eigenvalue weighted by Gasteiger charge is -2.23. The molecule has 1 N–H and O–H groups in total. The molecular formula is C18H24N4O4. The van der Waals surface area contributed by atoms with E-state index in [1.807, 2.05) is 35.0 Å². The van der Waals surface area contributed by atoms with E-state index < -0.39 is 0 Å². The Kier molecular flexibility index (Phi) is 7.28. The third-order valence-corrected chi connectivity index (χ3v) is 4.28. The van der Waals surface area contributed by atoms with Crippen LogP contribution in [0.3, 0.4) is 0 Å². The number of piperidine rings is 1. The molecule has 0 atom stereocenters. The highest BCUT2D eigenvalue weighted by molar-refractivity contribution is 5.39. The number of nitro groups is 1. The van der Waals surface area contributed by atoms with Crippen LogP contribution in [0.4, 0.5) is 5.69 Å². The van der Waals surface area contributed by atoms with Gasteiger partial charge in [-0.2, -0.15) is 5.10 Å². The molecule has 0 unspecified atom stereocenters. The van der Waals surface area contributed by atoms with E-state index in [2.05, 4.69) is 15.2 Å². The second-order valence-electron chi connectivity index (χ2n) is 6.10. The van der Waals surface area contributed by atoms with E-state index in [1.54, 1.807) is 13.8 Å². The number of ether oxygens (including phenoxy) is 1. The Hall–Kier alpha value is -2.74. The maximum Gasteiger partial charge on any atom is 0.312 e. The van der Waals surface area contributed by atoms with Gasteiger partial charge in [-0.05, 0) is 45.3 Å². The van der Waals surface area contributed by atoms with Crippen molar-refractivity contribution in [2.75, 3.05) is 13.1 Å². The first-order valence-corrected chi connectivity index (χ1v) is 8.54. The fourth-order valence-corrected chi connectivity index (χ4v) is 3.03. The molecule has 0 spiro atoms. The summed E-state index contributed by atoms with van der Waals surface area (Å²) in [6, 6.07) is 9.85. The minimum absolute atomic E-state index is 0.165. The largest absolute Gasteiger partial charge is 0.463 e. The lowest BCUT2D eigenvalue weighted by Crippen LogP contribution is -2.30. The summed E-state index contributed by atoms with van der Waals surface area (Å²) in [6.45, 7) is 6.20. The van der Waals surface area contributed by atoms with Gasteiger partial charge in [0.25, 0.3) is 6.47 Å². The highest BCUT2D eigenvalue weighted by Gasteiger charge is 2.26. The van der Waals surface area contributed by atoms with Gasteiger partial charge in [-0.1, -0.05) is 30.3 Å². The number of nitrogens with zero attached hydrogens (tertiary/aromatic N) is 3. The van der Waals surface area contributed by atoms with E-state index in [-0.39, 0.29) is 10.6 Å². The Morgan fingerprint density at radius 2 is 1.96 bits per heavy atom. The number of aromatic nitrogens is 2. The number of carbonyl (C=O) groups is 1. The molecule has 0 aliphatic carbocycles. The second-order valence-corrected chi connectivity index (χ2v) is 6.10. The number of rotatable bonds is 5. The lowest BCUT2D eigenvalue weighted by atomic mass is 10.1. The summed E-state index contributed by atoms with van der Waals surface area (Å²) in [6.07, 6.45) is 1.97. The molecule has 3 rings (SSSR count). The molecule has 0 bridgehead atoms. The van der Waals surface area contributed by atoms with Crippen LogP contribution in [0, 0.1) is 24.0 Å². The molecule has 0 saturated carbocycles. The van der Waals surface area contributed by atoms with E-state index in [4.69, 9.17) is 0 Å². The third-order valence-electron chi connectivity index (χ3n) is 4.28. The number of hydrogen-bond donors (Lipinski definition) is 1. The Morgan fingerprint density at radius 1 is 1.31 bits per heavy atom. The van der Waals surface area contributed by atoms with E-state index >= 15 is 0 Å².